The number of ether oxygens (including phenoxy) is 1. The molecular weight excluding hydrogens is 481 g/mol. The van der Waals surface area contributed by atoms with E-state index in [1.54, 1.807) is 7.11 Å². The number of nitrogens with one attached hydrogen (secondary N) is 3. The van der Waals surface area contributed by atoms with E-state index in [-0.39, 0.29) is 42.5 Å². The lowest BCUT2D eigenvalue weighted by molar-refractivity contribution is -0.119. The summed E-state index contributed by atoms with van der Waals surface area (Å²) in [6.45, 7) is 8.52. The molecule has 1 aliphatic rings. The largest absolute Gasteiger partial charge is 0.497 e. The van der Waals surface area contributed by atoms with Crippen LogP contribution in [0.4, 0.5) is 0 Å². The van der Waals surface area contributed by atoms with Crippen LogP contribution in [0.25, 0.3) is 0 Å². The second-order valence-electron chi connectivity index (χ2n) is 6.96. The Bertz CT molecular complexity index is 635. The van der Waals surface area contributed by atoms with Gasteiger partial charge >= 0.3 is 0 Å². The molecule has 0 saturated carbocycles. The Morgan fingerprint density at radius 2 is 1.97 bits per heavy atom. The summed E-state index contributed by atoms with van der Waals surface area (Å²) < 4.78 is 5.41. The number of carbonyl (C=O) groups excluding carboxylic acids is 1. The van der Waals surface area contributed by atoms with Crippen LogP contribution < -0.4 is 20.7 Å². The predicted molar refractivity (Wildman–Crippen MR) is 129 cm³/mol. The molecule has 1 fully saturated rings. The van der Waals surface area contributed by atoms with E-state index in [4.69, 9.17) is 4.74 Å². The Labute approximate surface area is 192 Å². The number of methoxy groups -OCH3 is 1. The van der Waals surface area contributed by atoms with Crippen molar-refractivity contribution >= 4 is 35.8 Å². The molecule has 8 heteroatoms. The van der Waals surface area contributed by atoms with E-state index >= 15 is 0 Å². The van der Waals surface area contributed by atoms with Crippen LogP contribution in [0.5, 0.6) is 5.75 Å². The van der Waals surface area contributed by atoms with Gasteiger partial charge in [-0.1, -0.05) is 19.1 Å². The van der Waals surface area contributed by atoms with E-state index in [1.165, 1.54) is 18.4 Å². The fourth-order valence-electron chi connectivity index (χ4n) is 3.37. The SMILES string of the molecule is CCCNC(=O)CN=C(NCC)NCC(c1cccc(OC)c1)N1CCCC1.I. The Morgan fingerprint density at radius 3 is 2.62 bits per heavy atom. The van der Waals surface area contributed by atoms with Crippen molar-refractivity contribution in [3.05, 3.63) is 29.8 Å². The van der Waals surface area contributed by atoms with Gasteiger partial charge in [-0.2, -0.15) is 0 Å². The fourth-order valence-corrected chi connectivity index (χ4v) is 3.37. The summed E-state index contributed by atoms with van der Waals surface area (Å²) in [5, 5.41) is 9.51. The minimum absolute atomic E-state index is 0. The van der Waals surface area contributed by atoms with Crippen molar-refractivity contribution in [2.45, 2.75) is 39.2 Å². The van der Waals surface area contributed by atoms with E-state index < -0.39 is 0 Å². The van der Waals surface area contributed by atoms with Crippen molar-refractivity contribution < 1.29 is 9.53 Å². The molecule has 164 valence electrons. The van der Waals surface area contributed by atoms with Gasteiger partial charge in [0.05, 0.1) is 13.2 Å². The molecule has 1 aliphatic heterocycles. The molecule has 0 radical (unpaired) electrons. The normalized spacial score (nSPS) is 15.3. The number of hydrogen-bond donors (Lipinski definition) is 3. The smallest absolute Gasteiger partial charge is 0.241 e. The summed E-state index contributed by atoms with van der Waals surface area (Å²) in [4.78, 5) is 18.8. The summed E-state index contributed by atoms with van der Waals surface area (Å²) >= 11 is 0. The van der Waals surface area contributed by atoms with Gasteiger partial charge in [-0.25, -0.2) is 4.99 Å². The molecule has 29 heavy (non-hydrogen) atoms. The molecule has 1 saturated heterocycles. The zero-order valence-electron chi connectivity index (χ0n) is 17.9. The zero-order valence-corrected chi connectivity index (χ0v) is 20.2. The van der Waals surface area contributed by atoms with Gasteiger partial charge in [0.1, 0.15) is 12.3 Å². The van der Waals surface area contributed by atoms with Crippen LogP contribution in [-0.2, 0) is 4.79 Å². The van der Waals surface area contributed by atoms with Crippen molar-refractivity contribution in [3.8, 4) is 5.75 Å². The first-order valence-corrected chi connectivity index (χ1v) is 10.3. The number of guanidine groups is 1. The third-order valence-electron chi connectivity index (χ3n) is 4.82. The van der Waals surface area contributed by atoms with Crippen LogP contribution in [-0.4, -0.2) is 63.1 Å². The molecule has 1 amide bonds. The number of likely N-dealkylation sites (tertiary alicyclic amines) is 1. The summed E-state index contributed by atoms with van der Waals surface area (Å²) in [6.07, 6.45) is 3.38. The summed E-state index contributed by atoms with van der Waals surface area (Å²) in [5.41, 5.74) is 1.23. The highest BCUT2D eigenvalue weighted by molar-refractivity contribution is 14.0. The van der Waals surface area contributed by atoms with Gasteiger partial charge in [-0.15, -0.1) is 24.0 Å². The molecule has 0 spiro atoms. The third-order valence-corrected chi connectivity index (χ3v) is 4.82. The topological polar surface area (TPSA) is 78.0 Å². The van der Waals surface area contributed by atoms with E-state index in [9.17, 15) is 4.79 Å². The number of rotatable bonds is 10. The van der Waals surface area contributed by atoms with Crippen molar-refractivity contribution in [2.24, 2.45) is 4.99 Å². The molecule has 1 heterocycles. The quantitative estimate of drug-likeness (QED) is 0.253. The molecule has 7 nitrogen and oxygen atoms in total. The zero-order chi connectivity index (χ0) is 20.2. The number of halogens is 1. The number of aliphatic imine (C=N–C) groups is 1. The van der Waals surface area contributed by atoms with Gasteiger partial charge in [0.15, 0.2) is 5.96 Å². The number of amides is 1. The first-order valence-electron chi connectivity index (χ1n) is 10.3. The van der Waals surface area contributed by atoms with Crippen molar-refractivity contribution in [2.75, 3.05) is 46.4 Å². The molecule has 1 atom stereocenters. The lowest BCUT2D eigenvalue weighted by Crippen LogP contribution is -2.43. The van der Waals surface area contributed by atoms with Crippen LogP contribution >= 0.6 is 24.0 Å². The summed E-state index contributed by atoms with van der Waals surface area (Å²) in [5.74, 6) is 1.49. The van der Waals surface area contributed by atoms with Crippen LogP contribution in [0.15, 0.2) is 29.3 Å². The van der Waals surface area contributed by atoms with Crippen LogP contribution in [0.3, 0.4) is 0 Å². The van der Waals surface area contributed by atoms with Gasteiger partial charge in [-0.3, -0.25) is 9.69 Å². The molecule has 1 unspecified atom stereocenters. The molecule has 1 aromatic carbocycles. The highest BCUT2D eigenvalue weighted by atomic mass is 127. The first kappa shape index (κ1) is 25.5. The lowest BCUT2D eigenvalue weighted by Gasteiger charge is -2.29. The minimum atomic E-state index is -0.0528. The number of hydrogen-bond acceptors (Lipinski definition) is 4. The lowest BCUT2D eigenvalue weighted by atomic mass is 10.1. The number of nitrogens with zero attached hydrogens (tertiary/aromatic N) is 2. The standard InChI is InChI=1S/C21H35N5O2.HI/c1-4-11-23-20(27)16-25-21(22-5-2)24-15-19(26-12-6-7-13-26)17-9-8-10-18(14-17)28-3;/h8-10,14,19H,4-7,11-13,15-16H2,1-3H3,(H,23,27)(H2,22,24,25);1H. The van der Waals surface area contributed by atoms with Crippen molar-refractivity contribution in [1.82, 2.24) is 20.9 Å². The van der Waals surface area contributed by atoms with Crippen molar-refractivity contribution in [1.29, 1.82) is 0 Å². The Kier molecular flexibility index (Phi) is 12.7. The van der Waals surface area contributed by atoms with Gasteiger partial charge in [0.2, 0.25) is 5.91 Å². The Balaban J connectivity index is 0.00000420. The first-order chi connectivity index (χ1) is 13.7. The van der Waals surface area contributed by atoms with Gasteiger partial charge in [0, 0.05) is 19.6 Å². The molecular formula is C21H36IN5O2. The highest BCUT2D eigenvalue weighted by Crippen LogP contribution is 2.27. The van der Waals surface area contributed by atoms with Crippen LogP contribution in [0.2, 0.25) is 0 Å². The highest BCUT2D eigenvalue weighted by Gasteiger charge is 2.24. The van der Waals surface area contributed by atoms with E-state index in [1.807, 2.05) is 26.0 Å². The van der Waals surface area contributed by atoms with Gasteiger partial charge in [0.25, 0.3) is 0 Å². The van der Waals surface area contributed by atoms with Gasteiger partial charge < -0.3 is 20.7 Å². The third kappa shape index (κ3) is 8.77. The second-order valence-corrected chi connectivity index (χ2v) is 6.96. The van der Waals surface area contributed by atoms with E-state index in [0.29, 0.717) is 12.5 Å². The molecule has 0 aliphatic carbocycles. The maximum absolute atomic E-state index is 11.9. The second kappa shape index (κ2) is 14.4. The summed E-state index contributed by atoms with van der Waals surface area (Å²) in [7, 11) is 1.70. The maximum atomic E-state index is 11.9. The van der Waals surface area contributed by atoms with Crippen LogP contribution in [0.1, 0.15) is 44.7 Å². The predicted octanol–water partition coefficient (Wildman–Crippen LogP) is 2.53. The fraction of sp³-hybridized carbons (Fsp3) is 0.619. The molecule has 1 aromatic rings. The monoisotopic (exact) mass is 517 g/mol. The average Bonchev–Trinajstić information content (AvgIpc) is 3.25. The number of carbonyl (C=O) groups is 1. The van der Waals surface area contributed by atoms with Gasteiger partial charge in [-0.05, 0) is 57.0 Å². The Morgan fingerprint density at radius 1 is 1.21 bits per heavy atom. The molecule has 0 aromatic heterocycles. The van der Waals surface area contributed by atoms with E-state index in [2.05, 4.69) is 38.0 Å². The van der Waals surface area contributed by atoms with Crippen molar-refractivity contribution in [3.63, 3.8) is 0 Å². The van der Waals surface area contributed by atoms with Crippen LogP contribution in [0, 0.1) is 0 Å². The molecule has 0 bridgehead atoms. The van der Waals surface area contributed by atoms with E-state index in [0.717, 1.165) is 38.3 Å². The molecule has 2 rings (SSSR count). The number of benzene rings is 1. The minimum Gasteiger partial charge on any atom is -0.497 e. The molecule has 3 N–H and O–H groups in total. The maximum Gasteiger partial charge on any atom is 0.241 e. The Hall–Kier alpha value is -1.55. The average molecular weight is 517 g/mol. The summed E-state index contributed by atoms with van der Waals surface area (Å²) in [6, 6.07) is 8.49.